The smallest absolute Gasteiger partial charge is 0.144 e. The maximum Gasteiger partial charge on any atom is 0.144 e. The lowest BCUT2D eigenvalue weighted by molar-refractivity contribution is 0.194. The van der Waals surface area contributed by atoms with Crippen molar-refractivity contribution in [1.82, 2.24) is 4.98 Å². The van der Waals surface area contributed by atoms with Gasteiger partial charge in [0.1, 0.15) is 11.9 Å². The highest BCUT2D eigenvalue weighted by atomic mass is 16.5. The van der Waals surface area contributed by atoms with Crippen LogP contribution in [0.2, 0.25) is 0 Å². The zero-order valence-corrected chi connectivity index (χ0v) is 9.79. The van der Waals surface area contributed by atoms with Crippen molar-refractivity contribution in [2.75, 3.05) is 25.6 Å². The summed E-state index contributed by atoms with van der Waals surface area (Å²) >= 11 is 0. The second-order valence-electron chi connectivity index (χ2n) is 3.59. The van der Waals surface area contributed by atoms with Crippen LogP contribution in [0.3, 0.4) is 0 Å². The Labute approximate surface area is 96.3 Å². The first-order valence-corrected chi connectivity index (χ1v) is 5.38. The van der Waals surface area contributed by atoms with Crippen molar-refractivity contribution in [2.45, 2.75) is 19.8 Å². The molecule has 0 radical (unpaired) electrons. The van der Waals surface area contributed by atoms with E-state index in [2.05, 4.69) is 16.4 Å². The summed E-state index contributed by atoms with van der Waals surface area (Å²) < 4.78 is 4.96. The Kier molecular flexibility index (Phi) is 5.30. The van der Waals surface area contributed by atoms with E-state index in [1.54, 1.807) is 13.3 Å². The number of nitrogens with one attached hydrogen (secondary N) is 1. The standard InChI is InChI=1S/C12H17N3O/c1-10-5-7-15-12(11(10)9-13)14-6-3-4-8-16-2/h5,7H,3-4,6,8H2,1-2H3,(H,14,15). The Bertz CT molecular complexity index is 371. The fourth-order valence-electron chi connectivity index (χ4n) is 1.41. The fourth-order valence-corrected chi connectivity index (χ4v) is 1.41. The van der Waals surface area contributed by atoms with Crippen LogP contribution in [0, 0.1) is 18.3 Å². The van der Waals surface area contributed by atoms with E-state index >= 15 is 0 Å². The molecule has 0 spiro atoms. The van der Waals surface area contributed by atoms with Crippen molar-refractivity contribution in [3.05, 3.63) is 23.4 Å². The Morgan fingerprint density at radius 1 is 1.50 bits per heavy atom. The van der Waals surface area contributed by atoms with Crippen molar-refractivity contribution in [3.63, 3.8) is 0 Å². The maximum absolute atomic E-state index is 8.99. The van der Waals surface area contributed by atoms with Crippen molar-refractivity contribution < 1.29 is 4.74 Å². The third-order valence-electron chi connectivity index (χ3n) is 2.34. The van der Waals surface area contributed by atoms with Gasteiger partial charge >= 0.3 is 0 Å². The minimum absolute atomic E-state index is 0.634. The number of nitrogens with zero attached hydrogens (tertiary/aromatic N) is 2. The Balaban J connectivity index is 2.48. The molecule has 1 aromatic heterocycles. The topological polar surface area (TPSA) is 57.9 Å². The second kappa shape index (κ2) is 6.81. The third kappa shape index (κ3) is 3.52. The number of hydrogen-bond acceptors (Lipinski definition) is 4. The predicted molar refractivity (Wildman–Crippen MR) is 63.3 cm³/mol. The summed E-state index contributed by atoms with van der Waals surface area (Å²) in [4.78, 5) is 4.16. The summed E-state index contributed by atoms with van der Waals surface area (Å²) in [6.45, 7) is 3.50. The van der Waals surface area contributed by atoms with E-state index in [0.717, 1.165) is 31.6 Å². The minimum Gasteiger partial charge on any atom is -0.385 e. The summed E-state index contributed by atoms with van der Waals surface area (Å²) in [5, 5.41) is 12.2. The zero-order valence-electron chi connectivity index (χ0n) is 9.79. The summed E-state index contributed by atoms with van der Waals surface area (Å²) in [6.07, 6.45) is 3.74. The number of anilines is 1. The van der Waals surface area contributed by atoms with Gasteiger partial charge in [-0.3, -0.25) is 0 Å². The molecule has 0 atom stereocenters. The van der Waals surface area contributed by atoms with E-state index in [9.17, 15) is 0 Å². The molecular formula is C12H17N3O. The van der Waals surface area contributed by atoms with Crippen LogP contribution in [0.15, 0.2) is 12.3 Å². The summed E-state index contributed by atoms with van der Waals surface area (Å²) in [7, 11) is 1.70. The fraction of sp³-hybridized carbons (Fsp3) is 0.500. The molecule has 16 heavy (non-hydrogen) atoms. The van der Waals surface area contributed by atoms with Gasteiger partial charge in [0.05, 0.1) is 5.56 Å². The number of rotatable bonds is 6. The number of aryl methyl sites for hydroxylation is 1. The third-order valence-corrected chi connectivity index (χ3v) is 2.34. The second-order valence-corrected chi connectivity index (χ2v) is 3.59. The molecule has 0 bridgehead atoms. The van der Waals surface area contributed by atoms with E-state index in [4.69, 9.17) is 10.00 Å². The van der Waals surface area contributed by atoms with Crippen molar-refractivity contribution in [1.29, 1.82) is 5.26 Å². The largest absolute Gasteiger partial charge is 0.385 e. The van der Waals surface area contributed by atoms with Gasteiger partial charge in [0.15, 0.2) is 0 Å². The molecule has 4 nitrogen and oxygen atoms in total. The van der Waals surface area contributed by atoms with Crippen molar-refractivity contribution in [2.24, 2.45) is 0 Å². The average Bonchev–Trinajstić information content (AvgIpc) is 2.29. The van der Waals surface area contributed by atoms with E-state index < -0.39 is 0 Å². The number of unbranched alkanes of at least 4 members (excludes halogenated alkanes) is 1. The number of hydrogen-bond donors (Lipinski definition) is 1. The molecular weight excluding hydrogens is 202 g/mol. The number of aromatic nitrogens is 1. The highest BCUT2D eigenvalue weighted by Gasteiger charge is 2.04. The van der Waals surface area contributed by atoms with Gasteiger partial charge in [-0.15, -0.1) is 0 Å². The van der Waals surface area contributed by atoms with Gasteiger partial charge in [-0.05, 0) is 31.4 Å². The molecule has 0 unspecified atom stereocenters. The first kappa shape index (κ1) is 12.5. The summed E-state index contributed by atoms with van der Waals surface area (Å²) in [6, 6.07) is 4.01. The van der Waals surface area contributed by atoms with Crippen LogP contribution in [0.25, 0.3) is 0 Å². The highest BCUT2D eigenvalue weighted by molar-refractivity contribution is 5.55. The molecule has 1 N–H and O–H groups in total. The van der Waals surface area contributed by atoms with Crippen LogP contribution in [0.5, 0.6) is 0 Å². The van der Waals surface area contributed by atoms with Gasteiger partial charge in [-0.2, -0.15) is 5.26 Å². The Morgan fingerprint density at radius 2 is 2.31 bits per heavy atom. The number of pyridine rings is 1. The summed E-state index contributed by atoms with van der Waals surface area (Å²) in [5.41, 5.74) is 1.59. The van der Waals surface area contributed by atoms with Crippen LogP contribution in [0.4, 0.5) is 5.82 Å². The molecule has 1 aromatic rings. The van der Waals surface area contributed by atoms with E-state index in [1.807, 2.05) is 13.0 Å². The lowest BCUT2D eigenvalue weighted by atomic mass is 10.1. The SMILES string of the molecule is COCCCCNc1nccc(C)c1C#N. The predicted octanol–water partition coefficient (Wildman–Crippen LogP) is 2.10. The van der Waals surface area contributed by atoms with Crippen LogP contribution < -0.4 is 5.32 Å². The zero-order chi connectivity index (χ0) is 11.8. The molecule has 0 aliphatic carbocycles. The first-order valence-electron chi connectivity index (χ1n) is 5.38. The molecule has 0 aromatic carbocycles. The molecule has 1 heterocycles. The van der Waals surface area contributed by atoms with Crippen LogP contribution in [-0.2, 0) is 4.74 Å². The molecule has 0 fully saturated rings. The van der Waals surface area contributed by atoms with Gasteiger partial charge < -0.3 is 10.1 Å². The van der Waals surface area contributed by atoms with Crippen LogP contribution >= 0.6 is 0 Å². The highest BCUT2D eigenvalue weighted by Crippen LogP contribution is 2.14. The molecule has 0 amide bonds. The Hall–Kier alpha value is -1.60. The molecule has 86 valence electrons. The lowest BCUT2D eigenvalue weighted by Gasteiger charge is -2.08. The van der Waals surface area contributed by atoms with Gasteiger partial charge in [-0.25, -0.2) is 4.98 Å². The molecule has 4 heteroatoms. The van der Waals surface area contributed by atoms with E-state index in [1.165, 1.54) is 0 Å². The maximum atomic E-state index is 8.99. The minimum atomic E-state index is 0.634. The number of methoxy groups -OCH3 is 1. The van der Waals surface area contributed by atoms with Crippen molar-refractivity contribution >= 4 is 5.82 Å². The van der Waals surface area contributed by atoms with Crippen LogP contribution in [0.1, 0.15) is 24.0 Å². The quantitative estimate of drug-likeness (QED) is 0.744. The first-order chi connectivity index (χ1) is 7.79. The van der Waals surface area contributed by atoms with Gasteiger partial charge in [0.25, 0.3) is 0 Å². The van der Waals surface area contributed by atoms with E-state index in [0.29, 0.717) is 11.4 Å². The Morgan fingerprint density at radius 3 is 3.00 bits per heavy atom. The van der Waals surface area contributed by atoms with Gasteiger partial charge in [0.2, 0.25) is 0 Å². The molecule has 0 saturated heterocycles. The molecule has 1 rings (SSSR count). The number of ether oxygens (including phenoxy) is 1. The van der Waals surface area contributed by atoms with Gasteiger partial charge in [0, 0.05) is 26.5 Å². The normalized spacial score (nSPS) is 9.81. The lowest BCUT2D eigenvalue weighted by Crippen LogP contribution is -2.06. The number of nitriles is 1. The average molecular weight is 219 g/mol. The van der Waals surface area contributed by atoms with Crippen molar-refractivity contribution in [3.8, 4) is 6.07 Å². The monoisotopic (exact) mass is 219 g/mol. The molecule has 0 aliphatic rings. The molecule has 0 aliphatic heterocycles. The van der Waals surface area contributed by atoms with Crippen LogP contribution in [-0.4, -0.2) is 25.2 Å². The summed E-state index contributed by atoms with van der Waals surface area (Å²) in [5.74, 6) is 0.680. The molecule has 0 saturated carbocycles. The van der Waals surface area contributed by atoms with Gasteiger partial charge in [-0.1, -0.05) is 0 Å². The van der Waals surface area contributed by atoms with E-state index in [-0.39, 0.29) is 0 Å².